The number of nitrogens with zero attached hydrogens (tertiary/aromatic N) is 3. The third-order valence-corrected chi connectivity index (χ3v) is 10.9. The zero-order valence-corrected chi connectivity index (χ0v) is 23.4. The van der Waals surface area contributed by atoms with Gasteiger partial charge >= 0.3 is 0 Å². The van der Waals surface area contributed by atoms with Gasteiger partial charge in [-0.3, -0.25) is 0 Å². The standard InChI is InChI=1S/C26H30N5O7S2/c1-17(32)24(38-20-4-3-5-21(10-20)39(33,34)28-2)18-12-26(37-16-18)6-8-31(9-7-26)40(35,36)22-11-23-19(13-27)14-29-25(23)30-15-22/h3-5,10-11,14-15,17-18,24,28,32H,1,6-9,12,16H2,2H3,(H,29,30)/t17?,18-,24?/m1/s1. The Kier molecular flexibility index (Phi) is 7.64. The summed E-state index contributed by atoms with van der Waals surface area (Å²) >= 11 is 0. The van der Waals surface area contributed by atoms with E-state index in [0.717, 1.165) is 0 Å². The molecule has 0 saturated carbocycles. The number of hydrogen-bond acceptors (Lipinski definition) is 9. The summed E-state index contributed by atoms with van der Waals surface area (Å²) in [5, 5.41) is 20.2. The molecule has 2 aliphatic heterocycles. The molecule has 3 N–H and O–H groups in total. The Labute approximate surface area is 233 Å². The average molecular weight is 589 g/mol. The van der Waals surface area contributed by atoms with Gasteiger partial charge in [-0.15, -0.1) is 0 Å². The fourth-order valence-corrected chi connectivity index (χ4v) is 7.60. The maximum absolute atomic E-state index is 13.4. The number of aliphatic hydroxyl groups excluding tert-OH is 1. The molecule has 3 atom stereocenters. The van der Waals surface area contributed by atoms with Gasteiger partial charge in [-0.2, -0.15) is 9.57 Å². The molecule has 1 radical (unpaired) electrons. The van der Waals surface area contributed by atoms with Crippen LogP contribution in [-0.2, 0) is 24.8 Å². The molecule has 0 aliphatic carbocycles. The van der Waals surface area contributed by atoms with E-state index in [9.17, 15) is 27.2 Å². The molecular formula is C26H30N5O7S2. The quantitative estimate of drug-likeness (QED) is 0.353. The SMILES string of the molecule is [CH2]C(O)C(Oc1cccc(S(=O)(=O)NC)c1)[C@H]1COC2(CCN(S(=O)(=O)c3cnc4[nH]cc(C#N)c4c3)CC2)C1. The second-order valence-corrected chi connectivity index (χ2v) is 13.9. The number of pyridine rings is 1. The number of aromatic amines is 1. The predicted molar refractivity (Wildman–Crippen MR) is 144 cm³/mol. The summed E-state index contributed by atoms with van der Waals surface area (Å²) in [5.74, 6) is 0.0308. The molecule has 2 saturated heterocycles. The van der Waals surface area contributed by atoms with E-state index in [-0.39, 0.29) is 41.2 Å². The molecule has 2 aliphatic rings. The van der Waals surface area contributed by atoms with Crippen molar-refractivity contribution in [1.82, 2.24) is 19.0 Å². The molecular weight excluding hydrogens is 558 g/mol. The smallest absolute Gasteiger partial charge is 0.244 e. The number of aliphatic hydroxyl groups is 1. The minimum atomic E-state index is -3.84. The molecule has 1 spiro atoms. The van der Waals surface area contributed by atoms with E-state index in [2.05, 4.69) is 21.6 Å². The molecule has 3 aromatic rings. The normalized spacial score (nSPS) is 21.3. The Morgan fingerprint density at radius 1 is 1.27 bits per heavy atom. The average Bonchev–Trinajstić information content (AvgIpc) is 3.55. The Balaban J connectivity index is 1.27. The van der Waals surface area contributed by atoms with Crippen molar-refractivity contribution < 1.29 is 31.4 Å². The van der Waals surface area contributed by atoms with Crippen LogP contribution in [-0.4, -0.2) is 80.8 Å². The molecule has 40 heavy (non-hydrogen) atoms. The fourth-order valence-electron chi connectivity index (χ4n) is 5.42. The van der Waals surface area contributed by atoms with Crippen LogP contribution in [0.3, 0.4) is 0 Å². The van der Waals surface area contributed by atoms with E-state index in [1.807, 2.05) is 6.07 Å². The van der Waals surface area contributed by atoms with Gasteiger partial charge in [-0.1, -0.05) is 6.07 Å². The van der Waals surface area contributed by atoms with Crippen molar-refractivity contribution in [3.8, 4) is 11.8 Å². The number of hydrogen-bond donors (Lipinski definition) is 3. The molecule has 14 heteroatoms. The summed E-state index contributed by atoms with van der Waals surface area (Å²) < 4.78 is 67.0. The van der Waals surface area contributed by atoms with Crippen LogP contribution >= 0.6 is 0 Å². The zero-order chi connectivity index (χ0) is 28.7. The fraction of sp³-hybridized carbons (Fsp3) is 0.423. The third kappa shape index (κ3) is 5.32. The number of ether oxygens (including phenoxy) is 2. The number of benzene rings is 1. The first-order valence-corrected chi connectivity index (χ1v) is 15.6. The van der Waals surface area contributed by atoms with Crippen molar-refractivity contribution >= 4 is 31.1 Å². The predicted octanol–water partition coefficient (Wildman–Crippen LogP) is 1.55. The summed E-state index contributed by atoms with van der Waals surface area (Å²) in [4.78, 5) is 7.08. The minimum absolute atomic E-state index is 0.0217. The summed E-state index contributed by atoms with van der Waals surface area (Å²) in [7, 11) is -6.20. The molecule has 2 fully saturated rings. The summed E-state index contributed by atoms with van der Waals surface area (Å²) in [5.41, 5.74) is 0.182. The van der Waals surface area contributed by atoms with Gasteiger partial charge in [0.15, 0.2) is 0 Å². The van der Waals surface area contributed by atoms with Crippen molar-refractivity contribution in [2.45, 2.75) is 46.9 Å². The highest BCUT2D eigenvalue weighted by atomic mass is 32.2. The lowest BCUT2D eigenvalue weighted by Crippen LogP contribution is -2.47. The highest BCUT2D eigenvalue weighted by Crippen LogP contribution is 2.42. The Bertz CT molecular complexity index is 1660. The first-order valence-electron chi connectivity index (χ1n) is 12.7. The monoisotopic (exact) mass is 588 g/mol. The number of fused-ring (bicyclic) bond motifs is 1. The third-order valence-electron chi connectivity index (χ3n) is 7.64. The second kappa shape index (κ2) is 10.7. The lowest BCUT2D eigenvalue weighted by atomic mass is 9.83. The topological polar surface area (TPSA) is 175 Å². The molecule has 5 rings (SSSR count). The lowest BCUT2D eigenvalue weighted by molar-refractivity contribution is -0.0333. The molecule has 2 aromatic heterocycles. The lowest BCUT2D eigenvalue weighted by Gasteiger charge is -2.38. The van der Waals surface area contributed by atoms with Crippen LogP contribution in [0.2, 0.25) is 0 Å². The summed E-state index contributed by atoms with van der Waals surface area (Å²) in [6, 6.07) is 9.49. The number of H-pyrrole nitrogens is 1. The molecule has 0 amide bonds. The van der Waals surface area contributed by atoms with Crippen LogP contribution in [0.25, 0.3) is 11.0 Å². The number of aromatic nitrogens is 2. The van der Waals surface area contributed by atoms with E-state index < -0.39 is 37.9 Å². The van der Waals surface area contributed by atoms with E-state index in [4.69, 9.17) is 9.47 Å². The molecule has 0 bridgehead atoms. The Morgan fingerprint density at radius 3 is 2.70 bits per heavy atom. The maximum atomic E-state index is 13.4. The summed E-state index contributed by atoms with van der Waals surface area (Å²) in [6.45, 7) is 4.48. The van der Waals surface area contributed by atoms with Crippen LogP contribution in [0, 0.1) is 24.2 Å². The zero-order valence-electron chi connectivity index (χ0n) is 21.8. The summed E-state index contributed by atoms with van der Waals surface area (Å²) in [6.07, 6.45) is 2.33. The number of sulfonamides is 2. The van der Waals surface area contributed by atoms with Crippen LogP contribution < -0.4 is 9.46 Å². The Hall–Kier alpha value is -3.06. The van der Waals surface area contributed by atoms with Crippen LogP contribution in [0.15, 0.2) is 52.5 Å². The number of rotatable bonds is 8. The van der Waals surface area contributed by atoms with E-state index >= 15 is 0 Å². The van der Waals surface area contributed by atoms with Gasteiger partial charge in [0.25, 0.3) is 0 Å². The van der Waals surface area contributed by atoms with E-state index in [0.29, 0.717) is 35.9 Å². The molecule has 1 aromatic carbocycles. The minimum Gasteiger partial charge on any atom is -0.487 e. The van der Waals surface area contributed by atoms with Gasteiger partial charge in [0, 0.05) is 42.9 Å². The van der Waals surface area contributed by atoms with E-state index in [1.54, 1.807) is 12.1 Å². The molecule has 4 heterocycles. The van der Waals surface area contributed by atoms with Crippen LogP contribution in [0.5, 0.6) is 5.75 Å². The van der Waals surface area contributed by atoms with Crippen LogP contribution in [0.4, 0.5) is 0 Å². The van der Waals surface area contributed by atoms with Gasteiger partial charge in [0.2, 0.25) is 20.0 Å². The van der Waals surface area contributed by atoms with E-state index in [1.165, 1.54) is 41.9 Å². The highest BCUT2D eigenvalue weighted by molar-refractivity contribution is 7.89. The number of nitrogens with one attached hydrogen (secondary N) is 2. The maximum Gasteiger partial charge on any atom is 0.244 e. The first kappa shape index (κ1) is 28.5. The van der Waals surface area contributed by atoms with Crippen molar-refractivity contribution in [2.75, 3.05) is 26.7 Å². The molecule has 213 valence electrons. The number of nitriles is 1. The number of piperidine rings is 1. The van der Waals surface area contributed by atoms with Crippen LogP contribution in [0.1, 0.15) is 24.8 Å². The van der Waals surface area contributed by atoms with Gasteiger partial charge in [-0.25, -0.2) is 26.5 Å². The van der Waals surface area contributed by atoms with Gasteiger partial charge in [0.1, 0.15) is 28.5 Å². The van der Waals surface area contributed by atoms with Crippen molar-refractivity contribution in [1.29, 1.82) is 5.26 Å². The first-order chi connectivity index (χ1) is 19.0. The second-order valence-electron chi connectivity index (χ2n) is 10.1. The molecule has 12 nitrogen and oxygen atoms in total. The molecule has 2 unspecified atom stereocenters. The largest absolute Gasteiger partial charge is 0.487 e. The van der Waals surface area contributed by atoms with Gasteiger partial charge < -0.3 is 19.6 Å². The van der Waals surface area contributed by atoms with Crippen molar-refractivity contribution in [3.63, 3.8) is 0 Å². The highest BCUT2D eigenvalue weighted by Gasteiger charge is 2.48. The Morgan fingerprint density at radius 2 is 2.02 bits per heavy atom. The van der Waals surface area contributed by atoms with Gasteiger partial charge in [-0.05, 0) is 51.4 Å². The van der Waals surface area contributed by atoms with Crippen molar-refractivity contribution in [2.24, 2.45) is 5.92 Å². The van der Waals surface area contributed by atoms with Gasteiger partial charge in [0.05, 0.1) is 28.8 Å². The van der Waals surface area contributed by atoms with Crippen molar-refractivity contribution in [3.05, 3.63) is 55.2 Å².